The van der Waals surface area contributed by atoms with E-state index in [4.69, 9.17) is 28.9 Å². The second kappa shape index (κ2) is 9.78. The number of nitrogens with two attached hydrogens (primary N) is 1. The first-order chi connectivity index (χ1) is 18.2. The summed E-state index contributed by atoms with van der Waals surface area (Å²) in [6, 6.07) is 6.91. The van der Waals surface area contributed by atoms with Crippen LogP contribution in [0, 0.1) is 0 Å². The fourth-order valence-electron chi connectivity index (χ4n) is 4.58. The molecular weight excluding hydrogens is 587 g/mol. The highest BCUT2D eigenvalue weighted by Gasteiger charge is 2.33. The summed E-state index contributed by atoms with van der Waals surface area (Å²) in [5.74, 6) is -0.321. The molecule has 2 aromatic carbocycles. The zero-order valence-corrected chi connectivity index (χ0v) is 23.5. The number of rotatable bonds is 6. The first-order valence-corrected chi connectivity index (χ1v) is 15.4. The summed E-state index contributed by atoms with van der Waals surface area (Å²) in [7, 11) is -4.18. The summed E-state index contributed by atoms with van der Waals surface area (Å²) in [6.45, 7) is 0.877. The number of nitrogens with one attached hydrogen (secondary N) is 2. The van der Waals surface area contributed by atoms with Gasteiger partial charge >= 0.3 is 0 Å². The molecule has 4 N–H and O–H groups in total. The Balaban J connectivity index is 1.33. The molecule has 3 aromatic heterocycles. The third kappa shape index (κ3) is 4.65. The van der Waals surface area contributed by atoms with Crippen molar-refractivity contribution in [3.8, 4) is 0 Å². The monoisotopic (exact) mass is 606 g/mol. The maximum atomic E-state index is 13.9. The van der Waals surface area contributed by atoms with E-state index in [1.165, 1.54) is 17.0 Å². The van der Waals surface area contributed by atoms with Gasteiger partial charge in [0, 0.05) is 23.5 Å². The van der Waals surface area contributed by atoms with E-state index in [0.29, 0.717) is 19.5 Å². The number of nitrogen functional groups attached to an aromatic ring is 1. The van der Waals surface area contributed by atoms with Crippen LogP contribution < -0.4 is 10.5 Å². The van der Waals surface area contributed by atoms with Gasteiger partial charge in [-0.15, -0.1) is 22.7 Å². The van der Waals surface area contributed by atoms with Gasteiger partial charge in [0.05, 0.1) is 48.2 Å². The van der Waals surface area contributed by atoms with Gasteiger partial charge in [-0.1, -0.05) is 29.3 Å². The number of nitrogens with zero attached hydrogens (tertiary/aromatic N) is 3. The molecule has 1 aliphatic heterocycles. The molecule has 0 radical (unpaired) electrons. The number of imidazole rings is 1. The first kappa shape index (κ1) is 25.5. The average molecular weight is 608 g/mol. The van der Waals surface area contributed by atoms with Crippen molar-refractivity contribution >= 4 is 88.1 Å². The third-order valence-electron chi connectivity index (χ3n) is 6.52. The van der Waals surface area contributed by atoms with E-state index in [0.717, 1.165) is 31.7 Å². The summed E-state index contributed by atoms with van der Waals surface area (Å²) in [6.07, 6.45) is 2.40. The van der Waals surface area contributed by atoms with Crippen molar-refractivity contribution in [3.63, 3.8) is 0 Å². The molecule has 0 bridgehead atoms. The minimum absolute atomic E-state index is 0.0133. The third-order valence-corrected chi connectivity index (χ3v) is 10.8. The standard InChI is InChI=1S/C24H20Cl2N6O3S3/c25-15-7-13(8-16(26)21(15)27)38(34,35)31-19(6-12-1-2-17-18(5-12)29-10-28-17)24(33)32-4-3-20-14(9-32)22-23(37-20)30-11-36-22/h1-2,5,7-8,10-11,19,31H,3-4,6,9,27H2,(H,28,29). The van der Waals surface area contributed by atoms with Crippen LogP contribution in [0.4, 0.5) is 5.69 Å². The Bertz CT molecular complexity index is 1790. The lowest BCUT2D eigenvalue weighted by Gasteiger charge is -2.31. The van der Waals surface area contributed by atoms with Crippen LogP contribution in [-0.2, 0) is 34.2 Å². The average Bonchev–Trinajstić information content (AvgIpc) is 3.62. The Morgan fingerprint density at radius 3 is 2.79 bits per heavy atom. The van der Waals surface area contributed by atoms with Gasteiger partial charge in [-0.05, 0) is 42.7 Å². The molecule has 4 heterocycles. The molecule has 0 aliphatic carbocycles. The number of sulfonamides is 1. The molecule has 38 heavy (non-hydrogen) atoms. The molecule has 1 atom stereocenters. The number of benzene rings is 2. The summed E-state index contributed by atoms with van der Waals surface area (Å²) in [5.41, 5.74) is 11.1. The molecule has 1 aliphatic rings. The zero-order valence-electron chi connectivity index (χ0n) is 19.6. The van der Waals surface area contributed by atoms with Crippen molar-refractivity contribution < 1.29 is 13.2 Å². The molecule has 196 valence electrons. The summed E-state index contributed by atoms with van der Waals surface area (Å²) in [5, 5.41) is 0.0265. The van der Waals surface area contributed by atoms with Crippen LogP contribution in [0.1, 0.15) is 16.0 Å². The normalized spacial score (nSPS) is 14.7. The minimum Gasteiger partial charge on any atom is -0.396 e. The summed E-state index contributed by atoms with van der Waals surface area (Å²) >= 11 is 15.4. The Morgan fingerprint density at radius 2 is 2.00 bits per heavy atom. The zero-order chi connectivity index (χ0) is 26.6. The predicted octanol–water partition coefficient (Wildman–Crippen LogP) is 4.60. The van der Waals surface area contributed by atoms with Crippen LogP contribution >= 0.6 is 45.9 Å². The lowest BCUT2D eigenvalue weighted by molar-refractivity contribution is -0.133. The second-order valence-corrected chi connectivity index (χ2v) is 13.4. The molecule has 14 heteroatoms. The SMILES string of the molecule is Nc1c(Cl)cc(S(=O)(=O)NC(Cc2ccc3[nH]cnc3c2)C(=O)N2CCc3sc4ncsc4c3C2)cc1Cl. The van der Waals surface area contributed by atoms with Crippen LogP contribution in [0.3, 0.4) is 0 Å². The topological polar surface area (TPSA) is 134 Å². The van der Waals surface area contributed by atoms with E-state index < -0.39 is 16.1 Å². The second-order valence-electron chi connectivity index (χ2n) is 8.93. The number of carbonyl (C=O) groups is 1. The number of thiophene rings is 1. The highest BCUT2D eigenvalue weighted by atomic mass is 35.5. The molecular formula is C24H20Cl2N6O3S3. The van der Waals surface area contributed by atoms with E-state index >= 15 is 0 Å². The molecule has 1 amide bonds. The highest BCUT2D eigenvalue weighted by molar-refractivity contribution is 7.89. The van der Waals surface area contributed by atoms with Gasteiger partial charge in [0.15, 0.2) is 0 Å². The molecule has 6 rings (SSSR count). The van der Waals surface area contributed by atoms with Crippen LogP contribution in [0.5, 0.6) is 0 Å². The molecule has 0 spiro atoms. The number of aromatic nitrogens is 3. The number of aromatic amines is 1. The lowest BCUT2D eigenvalue weighted by atomic mass is 10.0. The van der Waals surface area contributed by atoms with Gasteiger partial charge in [-0.25, -0.2) is 18.4 Å². The van der Waals surface area contributed by atoms with Gasteiger partial charge < -0.3 is 15.6 Å². The maximum absolute atomic E-state index is 13.9. The van der Waals surface area contributed by atoms with Gasteiger partial charge in [0.1, 0.15) is 10.9 Å². The van der Waals surface area contributed by atoms with E-state index in [1.807, 2.05) is 18.2 Å². The van der Waals surface area contributed by atoms with E-state index in [1.54, 1.807) is 39.4 Å². The largest absolute Gasteiger partial charge is 0.396 e. The number of carbonyl (C=O) groups excluding carboxylic acids is 1. The van der Waals surface area contributed by atoms with Gasteiger partial charge in [0.25, 0.3) is 0 Å². The summed E-state index contributed by atoms with van der Waals surface area (Å²) < 4.78 is 30.6. The fraction of sp³-hybridized carbons (Fsp3) is 0.208. The molecule has 5 aromatic rings. The molecule has 0 fully saturated rings. The smallest absolute Gasteiger partial charge is 0.241 e. The molecule has 0 saturated carbocycles. The van der Waals surface area contributed by atoms with E-state index in [9.17, 15) is 13.2 Å². The van der Waals surface area contributed by atoms with Crippen molar-refractivity contribution in [2.75, 3.05) is 12.3 Å². The van der Waals surface area contributed by atoms with Crippen molar-refractivity contribution in [2.24, 2.45) is 0 Å². The van der Waals surface area contributed by atoms with Crippen LogP contribution in [0.2, 0.25) is 10.0 Å². The van der Waals surface area contributed by atoms with Gasteiger partial charge in [0.2, 0.25) is 15.9 Å². The number of anilines is 1. The van der Waals surface area contributed by atoms with Gasteiger partial charge in [-0.3, -0.25) is 4.79 Å². The number of hydrogen-bond donors (Lipinski definition) is 3. The van der Waals surface area contributed by atoms with Crippen molar-refractivity contribution in [3.05, 3.63) is 68.2 Å². The number of hydrogen-bond acceptors (Lipinski definition) is 8. The summed E-state index contributed by atoms with van der Waals surface area (Å²) in [4.78, 5) is 29.4. The minimum atomic E-state index is -4.18. The molecule has 1 unspecified atom stereocenters. The maximum Gasteiger partial charge on any atom is 0.241 e. The highest BCUT2D eigenvalue weighted by Crippen LogP contribution is 2.37. The molecule has 0 saturated heterocycles. The van der Waals surface area contributed by atoms with Crippen molar-refractivity contribution in [1.82, 2.24) is 24.6 Å². The van der Waals surface area contributed by atoms with Crippen LogP contribution in [-0.4, -0.2) is 46.8 Å². The van der Waals surface area contributed by atoms with E-state index in [-0.39, 0.29) is 33.0 Å². The van der Waals surface area contributed by atoms with Gasteiger partial charge in [-0.2, -0.15) is 4.72 Å². The van der Waals surface area contributed by atoms with Crippen LogP contribution in [0.25, 0.3) is 20.6 Å². The van der Waals surface area contributed by atoms with Crippen molar-refractivity contribution in [1.29, 1.82) is 0 Å². The van der Waals surface area contributed by atoms with Crippen LogP contribution in [0.15, 0.2) is 47.1 Å². The first-order valence-electron chi connectivity index (χ1n) is 11.5. The Hall–Kier alpha value is -2.74. The number of fused-ring (bicyclic) bond motifs is 4. The Labute approximate surface area is 235 Å². The fourth-order valence-corrected chi connectivity index (χ4v) is 8.62. The Morgan fingerprint density at radius 1 is 1.21 bits per heavy atom. The van der Waals surface area contributed by atoms with E-state index in [2.05, 4.69) is 19.7 Å². The number of amides is 1. The number of thiazole rings is 1. The molecule has 9 nitrogen and oxygen atoms in total. The lowest BCUT2D eigenvalue weighted by Crippen LogP contribution is -2.50. The predicted molar refractivity (Wildman–Crippen MR) is 151 cm³/mol. The Kier molecular flexibility index (Phi) is 6.57. The number of H-pyrrole nitrogens is 1. The number of halogens is 2. The quantitative estimate of drug-likeness (QED) is 0.242. The van der Waals surface area contributed by atoms with Crippen molar-refractivity contribution in [2.45, 2.75) is 30.3 Å².